The molecule has 0 aromatic heterocycles. The number of aliphatic hydroxyl groups excluding tert-OH is 1. The first-order valence-electron chi connectivity index (χ1n) is 14.4. The van der Waals surface area contributed by atoms with Crippen molar-refractivity contribution in [2.24, 2.45) is 58.2 Å². The Labute approximate surface area is 204 Å². The minimum atomic E-state index is -0.662. The van der Waals surface area contributed by atoms with E-state index in [0.29, 0.717) is 53.3 Å². The van der Waals surface area contributed by atoms with Gasteiger partial charge in [0.1, 0.15) is 0 Å². The van der Waals surface area contributed by atoms with Crippen LogP contribution in [0.15, 0.2) is 0 Å². The maximum atomic E-state index is 11.7. The van der Waals surface area contributed by atoms with Gasteiger partial charge in [0.25, 0.3) is 0 Å². The van der Waals surface area contributed by atoms with Crippen LogP contribution in [0.1, 0.15) is 119 Å². The number of hydrogen-bond donors (Lipinski definition) is 2. The molecule has 4 saturated carbocycles. The molecule has 0 aromatic rings. The monoisotopic (exact) mass is 462 g/mol. The van der Waals surface area contributed by atoms with E-state index in [1.165, 1.54) is 51.4 Å². The second-order valence-electron chi connectivity index (χ2n) is 13.6. The Morgan fingerprint density at radius 1 is 0.909 bits per heavy atom. The first kappa shape index (κ1) is 27.0. The fourth-order valence-electron chi connectivity index (χ4n) is 9.57. The van der Waals surface area contributed by atoms with Crippen molar-refractivity contribution < 1.29 is 15.0 Å². The van der Waals surface area contributed by atoms with E-state index in [2.05, 4.69) is 48.5 Å². The number of aliphatic carboxylic acids is 1. The van der Waals surface area contributed by atoms with Gasteiger partial charge in [0.2, 0.25) is 0 Å². The molecule has 0 amide bonds. The zero-order valence-electron chi connectivity index (χ0n) is 22.8. The van der Waals surface area contributed by atoms with E-state index in [-0.39, 0.29) is 11.5 Å². The van der Waals surface area contributed by atoms with Crippen molar-refractivity contribution in [2.45, 2.75) is 125 Å². The summed E-state index contributed by atoms with van der Waals surface area (Å²) in [5.74, 6) is 4.25. The normalized spacial score (nSPS) is 45.3. The molecule has 0 saturated heterocycles. The Kier molecular flexibility index (Phi) is 8.67. The molecule has 4 rings (SSSR count). The molecule has 7 unspecified atom stereocenters. The average molecular weight is 463 g/mol. The molecule has 0 aliphatic heterocycles. The van der Waals surface area contributed by atoms with Gasteiger partial charge in [-0.15, -0.1) is 0 Å². The van der Waals surface area contributed by atoms with Gasteiger partial charge in [0, 0.05) is 6.42 Å². The largest absolute Gasteiger partial charge is 0.481 e. The molecule has 2 N–H and O–H groups in total. The van der Waals surface area contributed by atoms with Crippen LogP contribution in [0.4, 0.5) is 0 Å². The molecule has 3 heteroatoms. The van der Waals surface area contributed by atoms with Crippen LogP contribution in [-0.2, 0) is 4.79 Å². The third-order valence-electron chi connectivity index (χ3n) is 10.9. The molecular weight excluding hydrogens is 408 g/mol. The molecule has 4 aliphatic rings. The van der Waals surface area contributed by atoms with E-state index in [0.717, 1.165) is 18.8 Å². The Balaban J connectivity index is 0.000000709. The highest BCUT2D eigenvalue weighted by molar-refractivity contribution is 5.66. The van der Waals surface area contributed by atoms with Gasteiger partial charge in [-0.05, 0) is 103 Å². The van der Waals surface area contributed by atoms with E-state index < -0.39 is 5.97 Å². The highest BCUT2D eigenvalue weighted by Gasteiger charge is 2.64. The zero-order chi connectivity index (χ0) is 24.6. The van der Waals surface area contributed by atoms with E-state index in [1.807, 2.05) is 0 Å². The summed E-state index contributed by atoms with van der Waals surface area (Å²) in [6.45, 7) is 16.2. The Morgan fingerprint density at radius 3 is 2.15 bits per heavy atom. The van der Waals surface area contributed by atoms with Crippen molar-refractivity contribution in [3.05, 3.63) is 0 Å². The van der Waals surface area contributed by atoms with Crippen LogP contribution in [0.3, 0.4) is 0 Å². The van der Waals surface area contributed by atoms with Gasteiger partial charge in [0.05, 0.1) is 6.10 Å². The Hall–Kier alpha value is -0.570. The van der Waals surface area contributed by atoms with Gasteiger partial charge < -0.3 is 10.2 Å². The van der Waals surface area contributed by atoms with E-state index in [9.17, 15) is 9.90 Å². The summed E-state index contributed by atoms with van der Waals surface area (Å²) in [5, 5.41) is 20.9. The van der Waals surface area contributed by atoms with Crippen molar-refractivity contribution >= 4 is 5.97 Å². The van der Waals surface area contributed by atoms with Crippen LogP contribution in [0.2, 0.25) is 0 Å². The lowest BCUT2D eigenvalue weighted by Gasteiger charge is -2.64. The number of aliphatic hydroxyl groups is 1. The third kappa shape index (κ3) is 5.05. The first-order valence-corrected chi connectivity index (χ1v) is 14.4. The number of hydrogen-bond acceptors (Lipinski definition) is 2. The van der Waals surface area contributed by atoms with Gasteiger partial charge in [0.15, 0.2) is 0 Å². The maximum Gasteiger partial charge on any atom is 0.303 e. The number of carboxylic acids is 1. The van der Waals surface area contributed by atoms with Crippen LogP contribution < -0.4 is 0 Å². The number of carboxylic acid groups (broad SMARTS) is 1. The summed E-state index contributed by atoms with van der Waals surface area (Å²) in [5.41, 5.74) is 0.716. The molecule has 4 fully saturated rings. The highest BCUT2D eigenvalue weighted by Crippen LogP contribution is 2.69. The van der Waals surface area contributed by atoms with Crippen molar-refractivity contribution in [2.75, 3.05) is 0 Å². The fraction of sp³-hybridized carbons (Fsp3) is 0.967. The summed E-state index contributed by atoms with van der Waals surface area (Å²) in [4.78, 5) is 11.1. The minimum Gasteiger partial charge on any atom is -0.481 e. The summed E-state index contributed by atoms with van der Waals surface area (Å²) < 4.78 is 0. The van der Waals surface area contributed by atoms with Crippen LogP contribution in [0, 0.1) is 58.2 Å². The molecule has 0 aromatic carbocycles. The molecule has 0 bridgehead atoms. The SMILES string of the molecule is CC(C)C.CC[C@@H]1C2CCCCC2(C)C2CCC3(C)C(CCC3[C@H](C)CCC(=O)O)C2[C@@H]1O. The molecule has 0 radical (unpaired) electrons. The maximum absolute atomic E-state index is 11.7. The lowest BCUT2D eigenvalue weighted by Crippen LogP contribution is -2.61. The average Bonchev–Trinajstić information content (AvgIpc) is 3.09. The summed E-state index contributed by atoms with van der Waals surface area (Å²) >= 11 is 0. The van der Waals surface area contributed by atoms with Crippen LogP contribution in [-0.4, -0.2) is 22.3 Å². The molecule has 3 nitrogen and oxygen atoms in total. The van der Waals surface area contributed by atoms with Crippen molar-refractivity contribution in [1.82, 2.24) is 0 Å². The van der Waals surface area contributed by atoms with E-state index in [4.69, 9.17) is 5.11 Å². The summed E-state index contributed by atoms with van der Waals surface area (Å²) in [7, 11) is 0. The minimum absolute atomic E-state index is 0.126. The lowest BCUT2D eigenvalue weighted by molar-refractivity contribution is -0.194. The van der Waals surface area contributed by atoms with Crippen LogP contribution in [0.5, 0.6) is 0 Å². The molecular formula is C30H54O3. The summed E-state index contributed by atoms with van der Waals surface area (Å²) in [6, 6.07) is 0. The second kappa shape index (κ2) is 10.6. The first-order chi connectivity index (χ1) is 15.5. The Bertz CT molecular complexity index is 656. The van der Waals surface area contributed by atoms with Crippen LogP contribution in [0.25, 0.3) is 0 Å². The molecule has 192 valence electrons. The quantitative estimate of drug-likeness (QED) is 0.438. The highest BCUT2D eigenvalue weighted by atomic mass is 16.4. The third-order valence-corrected chi connectivity index (χ3v) is 10.9. The van der Waals surface area contributed by atoms with E-state index in [1.54, 1.807) is 0 Å². The zero-order valence-corrected chi connectivity index (χ0v) is 22.8. The van der Waals surface area contributed by atoms with Crippen molar-refractivity contribution in [1.29, 1.82) is 0 Å². The number of carbonyl (C=O) groups is 1. The summed E-state index contributed by atoms with van der Waals surface area (Å²) in [6.07, 6.45) is 12.5. The Morgan fingerprint density at radius 2 is 1.55 bits per heavy atom. The van der Waals surface area contributed by atoms with Crippen molar-refractivity contribution in [3.8, 4) is 0 Å². The second-order valence-corrected chi connectivity index (χ2v) is 13.6. The fourth-order valence-corrected chi connectivity index (χ4v) is 9.57. The lowest BCUT2D eigenvalue weighted by atomic mass is 9.41. The van der Waals surface area contributed by atoms with Gasteiger partial charge in [-0.25, -0.2) is 0 Å². The smallest absolute Gasteiger partial charge is 0.303 e. The van der Waals surface area contributed by atoms with Gasteiger partial charge in [-0.3, -0.25) is 4.79 Å². The molecule has 10 atom stereocenters. The number of fused-ring (bicyclic) bond motifs is 5. The predicted octanol–water partition coefficient (Wildman–Crippen LogP) is 7.81. The van der Waals surface area contributed by atoms with Gasteiger partial charge >= 0.3 is 5.97 Å². The number of rotatable bonds is 5. The molecule has 0 spiro atoms. The standard InChI is InChI=1S/C26H44O3.C4H10/c1-5-17-19-8-6-7-14-25(19,3)21-13-15-26(4)18(16(2)9-12-22(27)28)10-11-20(26)23(21)24(17)29;1-4(2)3/h16-21,23-24,29H,5-15H2,1-4H3,(H,27,28);4H,1-3H3/t16-,17-,18?,19?,20?,21?,23?,24-,25?,26?;/m1./s1. The van der Waals surface area contributed by atoms with Crippen LogP contribution >= 0.6 is 0 Å². The molecule has 33 heavy (non-hydrogen) atoms. The van der Waals surface area contributed by atoms with Gasteiger partial charge in [-0.1, -0.05) is 67.7 Å². The van der Waals surface area contributed by atoms with Crippen molar-refractivity contribution in [3.63, 3.8) is 0 Å². The van der Waals surface area contributed by atoms with Gasteiger partial charge in [-0.2, -0.15) is 0 Å². The molecule has 4 aliphatic carbocycles. The van der Waals surface area contributed by atoms with E-state index >= 15 is 0 Å². The topological polar surface area (TPSA) is 57.5 Å². The molecule has 0 heterocycles. The predicted molar refractivity (Wildman–Crippen MR) is 137 cm³/mol.